The van der Waals surface area contributed by atoms with Gasteiger partial charge in [0.1, 0.15) is 5.82 Å². The molecule has 2 N–H and O–H groups in total. The summed E-state index contributed by atoms with van der Waals surface area (Å²) >= 11 is 0. The Morgan fingerprint density at radius 2 is 1.77 bits per heavy atom. The molecule has 4 nitrogen and oxygen atoms in total. The van der Waals surface area contributed by atoms with Crippen LogP contribution in [0.2, 0.25) is 0 Å². The van der Waals surface area contributed by atoms with Gasteiger partial charge in [0.05, 0.1) is 6.04 Å². The molecule has 1 saturated carbocycles. The van der Waals surface area contributed by atoms with Crippen LogP contribution in [-0.2, 0) is 0 Å². The van der Waals surface area contributed by atoms with Crippen LogP contribution in [0.5, 0.6) is 0 Å². The number of alkyl halides is 2. The summed E-state index contributed by atoms with van der Waals surface area (Å²) < 4.78 is 37.9. The van der Waals surface area contributed by atoms with E-state index in [1.807, 2.05) is 4.90 Å². The van der Waals surface area contributed by atoms with Crippen molar-refractivity contribution in [1.29, 1.82) is 0 Å². The minimum Gasteiger partial charge on any atom is -0.370 e. The lowest BCUT2D eigenvalue weighted by molar-refractivity contribution is 0.121. The summed E-state index contributed by atoms with van der Waals surface area (Å²) in [6, 6.07) is 6.05. The van der Waals surface area contributed by atoms with Gasteiger partial charge in [-0.1, -0.05) is 0 Å². The van der Waals surface area contributed by atoms with Crippen molar-refractivity contribution in [3.8, 4) is 0 Å². The molecule has 1 aromatic rings. The molecule has 3 rings (SSSR count). The number of rotatable bonds is 3. The molecule has 0 radical (unpaired) electrons. The molecule has 1 aliphatic carbocycles. The first-order valence-electron chi connectivity index (χ1n) is 7.41. The van der Waals surface area contributed by atoms with Crippen molar-refractivity contribution in [3.63, 3.8) is 0 Å². The van der Waals surface area contributed by atoms with Crippen LogP contribution in [0.15, 0.2) is 29.3 Å². The topological polar surface area (TPSA) is 44.9 Å². The van der Waals surface area contributed by atoms with Gasteiger partial charge in [-0.3, -0.25) is 0 Å². The molecule has 2 aliphatic rings. The Balaban J connectivity index is 1.53. The molecule has 0 amide bonds. The van der Waals surface area contributed by atoms with Crippen molar-refractivity contribution in [1.82, 2.24) is 4.90 Å². The van der Waals surface area contributed by atoms with Gasteiger partial charge in [0.25, 0.3) is 0 Å². The number of halogens is 3. The maximum Gasteiger partial charge on any atom is 0.243 e. The molecule has 120 valence electrons. The van der Waals surface area contributed by atoms with E-state index < -0.39 is 12.3 Å². The van der Waals surface area contributed by atoms with Crippen LogP contribution >= 0.6 is 0 Å². The highest BCUT2D eigenvalue weighted by Gasteiger charge is 2.44. The first-order valence-corrected chi connectivity index (χ1v) is 7.41. The smallest absolute Gasteiger partial charge is 0.243 e. The van der Waals surface area contributed by atoms with E-state index in [9.17, 15) is 13.2 Å². The van der Waals surface area contributed by atoms with Gasteiger partial charge in [0.15, 0.2) is 5.96 Å². The number of aliphatic imine (C=N–C) groups is 1. The average Bonchev–Trinajstić information content (AvgIpc) is 3.28. The highest BCUT2D eigenvalue weighted by molar-refractivity contribution is 5.78. The van der Waals surface area contributed by atoms with Crippen LogP contribution in [0.25, 0.3) is 0 Å². The minimum absolute atomic E-state index is 0.253. The van der Waals surface area contributed by atoms with Crippen molar-refractivity contribution in [3.05, 3.63) is 30.1 Å². The second kappa shape index (κ2) is 6.06. The molecule has 1 aliphatic heterocycles. The van der Waals surface area contributed by atoms with E-state index in [0.29, 0.717) is 25.5 Å². The molecule has 1 heterocycles. The van der Waals surface area contributed by atoms with Crippen molar-refractivity contribution < 1.29 is 13.2 Å². The van der Waals surface area contributed by atoms with Crippen molar-refractivity contribution in [2.24, 2.45) is 16.6 Å². The van der Waals surface area contributed by atoms with Gasteiger partial charge < -0.3 is 15.5 Å². The largest absolute Gasteiger partial charge is 0.370 e. The van der Waals surface area contributed by atoms with Crippen LogP contribution in [0.1, 0.15) is 6.42 Å². The summed E-state index contributed by atoms with van der Waals surface area (Å²) in [6.07, 6.45) is -1.88. The number of nitrogens with zero attached hydrogens (tertiary/aromatic N) is 3. The minimum atomic E-state index is -2.31. The zero-order valence-electron chi connectivity index (χ0n) is 12.1. The van der Waals surface area contributed by atoms with E-state index in [1.54, 1.807) is 12.1 Å². The predicted octanol–water partition coefficient (Wildman–Crippen LogP) is 1.92. The highest BCUT2D eigenvalue weighted by atomic mass is 19.3. The van der Waals surface area contributed by atoms with E-state index in [2.05, 4.69) is 9.89 Å². The molecule has 0 bridgehead atoms. The van der Waals surface area contributed by atoms with Crippen LogP contribution in [-0.4, -0.2) is 49.5 Å². The van der Waals surface area contributed by atoms with Gasteiger partial charge in [-0.15, -0.1) is 0 Å². The van der Waals surface area contributed by atoms with Crippen molar-refractivity contribution in [2.45, 2.75) is 18.9 Å². The number of hydrogen-bond acceptors (Lipinski definition) is 2. The number of benzene rings is 1. The van der Waals surface area contributed by atoms with Gasteiger partial charge in [-0.2, -0.15) is 0 Å². The Morgan fingerprint density at radius 1 is 1.14 bits per heavy atom. The zero-order valence-corrected chi connectivity index (χ0v) is 12.1. The quantitative estimate of drug-likeness (QED) is 0.685. The first-order chi connectivity index (χ1) is 10.5. The Bertz CT molecular complexity index is 538. The highest BCUT2D eigenvalue weighted by Crippen LogP contribution is 2.39. The maximum atomic E-state index is 12.9. The Kier molecular flexibility index (Phi) is 4.13. The lowest BCUT2D eigenvalue weighted by atomic mass is 10.2. The van der Waals surface area contributed by atoms with Crippen LogP contribution in [0.3, 0.4) is 0 Å². The predicted molar refractivity (Wildman–Crippen MR) is 79.7 cm³/mol. The average molecular weight is 312 g/mol. The van der Waals surface area contributed by atoms with Gasteiger partial charge >= 0.3 is 0 Å². The van der Waals surface area contributed by atoms with Gasteiger partial charge in [-0.05, 0) is 30.7 Å². The van der Waals surface area contributed by atoms with Gasteiger partial charge in [0.2, 0.25) is 6.43 Å². The monoisotopic (exact) mass is 312 g/mol. The molecular weight excluding hydrogens is 293 g/mol. The van der Waals surface area contributed by atoms with E-state index in [-0.39, 0.29) is 11.9 Å². The second-order valence-electron chi connectivity index (χ2n) is 5.74. The SMILES string of the molecule is NC(=N[C@H]1C[C@@H]1C(F)F)N1CCN(c2ccc(F)cc2)CC1. The molecule has 0 spiro atoms. The van der Waals surface area contributed by atoms with Crippen molar-refractivity contribution in [2.75, 3.05) is 31.1 Å². The number of hydrogen-bond donors (Lipinski definition) is 1. The van der Waals surface area contributed by atoms with Crippen LogP contribution < -0.4 is 10.6 Å². The first kappa shape index (κ1) is 15.0. The summed E-state index contributed by atoms with van der Waals surface area (Å²) in [7, 11) is 0. The molecular formula is C15H19F3N4. The normalized spacial score (nSPS) is 25.7. The number of guanidine groups is 1. The summed E-state index contributed by atoms with van der Waals surface area (Å²) in [5, 5.41) is 0. The zero-order chi connectivity index (χ0) is 15.7. The van der Waals surface area contributed by atoms with E-state index in [1.165, 1.54) is 12.1 Å². The summed E-state index contributed by atoms with van der Waals surface area (Å²) in [4.78, 5) is 8.26. The lowest BCUT2D eigenvalue weighted by Gasteiger charge is -2.36. The molecule has 1 aromatic carbocycles. The third-order valence-electron chi connectivity index (χ3n) is 4.22. The fraction of sp³-hybridized carbons (Fsp3) is 0.533. The molecule has 0 unspecified atom stereocenters. The van der Waals surface area contributed by atoms with E-state index in [4.69, 9.17) is 5.73 Å². The number of piperazine rings is 1. The molecule has 7 heteroatoms. The molecule has 2 fully saturated rings. The fourth-order valence-corrected chi connectivity index (χ4v) is 2.72. The number of anilines is 1. The van der Waals surface area contributed by atoms with Crippen molar-refractivity contribution >= 4 is 11.6 Å². The standard InChI is InChI=1S/C15H19F3N4/c16-10-1-3-11(4-2-10)21-5-7-22(8-6-21)15(19)20-13-9-12(13)14(17)18/h1-4,12-14H,5-9H2,(H2,19,20)/t12-,13-/m0/s1. The Labute approximate surface area is 127 Å². The van der Waals surface area contributed by atoms with Crippen LogP contribution in [0, 0.1) is 11.7 Å². The van der Waals surface area contributed by atoms with Gasteiger partial charge in [0, 0.05) is 37.8 Å². The van der Waals surface area contributed by atoms with Gasteiger partial charge in [-0.25, -0.2) is 18.2 Å². The summed E-state index contributed by atoms with van der Waals surface area (Å²) in [6.45, 7) is 2.84. The molecule has 22 heavy (non-hydrogen) atoms. The third-order valence-corrected chi connectivity index (χ3v) is 4.22. The maximum absolute atomic E-state index is 12.9. The van der Waals surface area contributed by atoms with Crippen LogP contribution in [0.4, 0.5) is 18.9 Å². The summed E-state index contributed by atoms with van der Waals surface area (Å²) in [5.41, 5.74) is 6.89. The third kappa shape index (κ3) is 3.28. The van der Waals surface area contributed by atoms with E-state index >= 15 is 0 Å². The lowest BCUT2D eigenvalue weighted by Crippen LogP contribution is -2.51. The molecule has 1 saturated heterocycles. The Morgan fingerprint density at radius 3 is 2.32 bits per heavy atom. The molecule has 0 aromatic heterocycles. The number of nitrogens with two attached hydrogens (primary N) is 1. The Hall–Kier alpha value is -1.92. The second-order valence-corrected chi connectivity index (χ2v) is 5.74. The van der Waals surface area contributed by atoms with E-state index in [0.717, 1.165) is 18.8 Å². The molecule has 2 atom stereocenters. The summed E-state index contributed by atoms with van der Waals surface area (Å²) in [5.74, 6) is -0.525. The fourth-order valence-electron chi connectivity index (χ4n) is 2.72.